The maximum Gasteiger partial charge on any atom is 0.219 e. The zero-order valence-corrected chi connectivity index (χ0v) is 66.2. The fourth-order valence-electron chi connectivity index (χ4n) is 6.28. The molecule has 11 aromatic heterocycles. The standard InChI is InChI=1S/C7H12N2.3C7H11NS.C6H10N2O.C6H10N2S.C6H10N2.C6H9NO.2C6H9NS.C5H8N2O/c1-6(2)7-4-8-9(3)5-7;1-5(2)7-4-8-6(3)9-7;1-5(2)7-8-6(3)4-9-7;1-5(2)7-8-4-6(3)9-7;1-4(2)6-8-7-5(3)9-6;1-4(2)6-7-5(3)8-9-6;2*1-5(2)6-3-7-8-4-6;1-5(2)6-3-8-4-7-6;1-5(2)6-3-7-4-8-6;1-4(2)5-7-6-3-8-5/h4-6H,1-3H3;3*4-5H,1-3H3;2*4H,1-3H3;3-5H,1-2H3,(H,7,8);3*3-5H,1-2H3;3-4H,1-2H3. The predicted octanol–water partition coefficient (Wildman–Crippen LogP) is 21.8. The van der Waals surface area contributed by atoms with Crippen molar-refractivity contribution in [1.29, 1.82) is 0 Å². The van der Waals surface area contributed by atoms with E-state index in [9.17, 15) is 0 Å². The number of aryl methyl sites for hydroxylation is 6. The monoisotopic (exact) mass is 1400 g/mol. The van der Waals surface area contributed by atoms with Crippen molar-refractivity contribution in [2.24, 2.45) is 7.05 Å². The zero-order chi connectivity index (χ0) is 71.0. The summed E-state index contributed by atoms with van der Waals surface area (Å²) < 4.78 is 20.5. The molecule has 0 fully saturated rings. The van der Waals surface area contributed by atoms with Crippen LogP contribution in [0.4, 0.5) is 0 Å². The Kier molecular flexibility index (Phi) is 43.3. The molecule has 0 unspecified atom stereocenters. The number of thiazole rings is 5. The minimum atomic E-state index is 0.339. The molecule has 11 aromatic rings. The number of nitrogens with one attached hydrogen (secondary N) is 1. The highest BCUT2D eigenvalue weighted by Crippen LogP contribution is 2.23. The molecule has 11 rings (SSSR count). The van der Waals surface area contributed by atoms with E-state index in [1.807, 2.05) is 115 Å². The number of hydrogen-bond donors (Lipinski definition) is 1. The first-order chi connectivity index (χ1) is 44.2. The number of aromatic nitrogens is 16. The van der Waals surface area contributed by atoms with Crippen molar-refractivity contribution >= 4 is 68.2 Å². The van der Waals surface area contributed by atoms with Crippen molar-refractivity contribution in [2.45, 2.75) is 252 Å². The summed E-state index contributed by atoms with van der Waals surface area (Å²) in [6.07, 6.45) is 18.3. The van der Waals surface area contributed by atoms with Crippen LogP contribution in [0.25, 0.3) is 0 Å². The van der Waals surface area contributed by atoms with Gasteiger partial charge in [-0.25, -0.2) is 24.9 Å². The van der Waals surface area contributed by atoms with E-state index in [1.165, 1.54) is 64.4 Å². The van der Waals surface area contributed by atoms with Crippen molar-refractivity contribution in [3.63, 3.8) is 0 Å². The lowest BCUT2D eigenvalue weighted by Gasteiger charge is -1.95. The van der Waals surface area contributed by atoms with Gasteiger partial charge in [-0.15, -0.1) is 77.1 Å². The molecule has 0 atom stereocenters. The summed E-state index contributed by atoms with van der Waals surface area (Å²) in [4.78, 5) is 29.1. The van der Waals surface area contributed by atoms with Gasteiger partial charge in [-0.3, -0.25) is 14.8 Å². The Morgan fingerprint density at radius 3 is 1.38 bits per heavy atom. The Hall–Kier alpha value is -6.38. The second-order valence-electron chi connectivity index (χ2n) is 25.0. The van der Waals surface area contributed by atoms with E-state index >= 15 is 0 Å². The molecular formula is C69H110N16O3S6. The molecule has 25 heteroatoms. The van der Waals surface area contributed by atoms with Crippen LogP contribution in [-0.4, -0.2) is 79.8 Å². The zero-order valence-electron chi connectivity index (χ0n) is 61.3. The molecule has 94 heavy (non-hydrogen) atoms. The van der Waals surface area contributed by atoms with Gasteiger partial charge in [0.15, 0.2) is 0 Å². The number of hydrogen-bond acceptors (Lipinski definition) is 23. The molecule has 0 aliphatic heterocycles. The van der Waals surface area contributed by atoms with Gasteiger partial charge >= 0.3 is 0 Å². The number of aromatic amines is 1. The molecular weight excluding hydrogens is 1290 g/mol. The maximum atomic E-state index is 5.12. The lowest BCUT2D eigenvalue weighted by atomic mass is 10.1. The second kappa shape index (κ2) is 47.5. The van der Waals surface area contributed by atoms with Gasteiger partial charge in [0.1, 0.15) is 17.1 Å². The first-order valence-electron chi connectivity index (χ1n) is 32.0. The molecule has 11 heterocycles. The van der Waals surface area contributed by atoms with E-state index in [0.717, 1.165) is 22.1 Å². The molecule has 19 nitrogen and oxygen atoms in total. The molecule has 0 aliphatic rings. The molecule has 0 radical (unpaired) electrons. The smallest absolute Gasteiger partial charge is 0.219 e. The maximum absolute atomic E-state index is 5.12. The third-order valence-electron chi connectivity index (χ3n) is 12.2. The summed E-state index contributed by atoms with van der Waals surface area (Å²) in [5.41, 5.74) is 9.82. The van der Waals surface area contributed by atoms with Crippen molar-refractivity contribution in [3.8, 4) is 0 Å². The SMILES string of the molecule is CC(C)c1cn[nH]c1.CC(C)c1cncs1.CC(C)c1cnn(C)c1.CC(C)c1cnoc1.CC(C)c1cscn1.CC(C)c1nnco1.Cc1cnc(C(C)C)s1.Cc1csc(C(C)C)n1.Cc1ncc(C(C)C)s1.Cc1nnc(C(C)C)o1.Cc1nsc(C(C)C)n1. The normalized spacial score (nSPS) is 10.5. The van der Waals surface area contributed by atoms with E-state index in [-0.39, 0.29) is 0 Å². The predicted molar refractivity (Wildman–Crippen MR) is 396 cm³/mol. The van der Waals surface area contributed by atoms with E-state index < -0.39 is 0 Å². The van der Waals surface area contributed by atoms with Crippen LogP contribution in [0, 0.1) is 34.6 Å². The van der Waals surface area contributed by atoms with E-state index in [2.05, 4.69) is 222 Å². The molecule has 0 aromatic carbocycles. The summed E-state index contributed by atoms with van der Waals surface area (Å²) in [6.45, 7) is 56.7. The highest BCUT2D eigenvalue weighted by molar-refractivity contribution is 7.12. The van der Waals surface area contributed by atoms with Crippen LogP contribution >= 0.6 is 68.2 Å². The Balaban J connectivity index is 0.000000517. The quantitative estimate of drug-likeness (QED) is 0.127. The van der Waals surface area contributed by atoms with Crippen molar-refractivity contribution in [2.75, 3.05) is 0 Å². The van der Waals surface area contributed by atoms with Crippen LogP contribution in [-0.2, 0) is 7.05 Å². The van der Waals surface area contributed by atoms with Crippen LogP contribution in [0.5, 0.6) is 0 Å². The summed E-state index contributed by atoms with van der Waals surface area (Å²) in [7, 11) is 1.94. The molecule has 0 saturated heterocycles. The molecule has 0 aliphatic carbocycles. The van der Waals surface area contributed by atoms with Gasteiger partial charge in [0.2, 0.25) is 24.1 Å². The average molecular weight is 1400 g/mol. The summed E-state index contributed by atoms with van der Waals surface area (Å²) >= 11 is 10.2. The highest BCUT2D eigenvalue weighted by atomic mass is 32.1. The molecule has 0 bridgehead atoms. The van der Waals surface area contributed by atoms with Gasteiger partial charge in [0.25, 0.3) is 0 Å². The topological polar surface area (TPSA) is 241 Å². The Labute approximate surface area is 586 Å². The van der Waals surface area contributed by atoms with Crippen LogP contribution in [0.15, 0.2) is 97.4 Å². The Morgan fingerprint density at radius 1 is 0.511 bits per heavy atom. The van der Waals surface area contributed by atoms with Gasteiger partial charge in [-0.2, -0.15) is 14.6 Å². The first-order valence-corrected chi connectivity index (χ1v) is 37.1. The fourth-order valence-corrected chi connectivity index (χ4v) is 10.7. The lowest BCUT2D eigenvalue weighted by molar-refractivity contribution is 0.418. The van der Waals surface area contributed by atoms with E-state index in [1.54, 1.807) is 76.1 Å². The Bertz CT molecular complexity index is 2890. The molecule has 520 valence electrons. The summed E-state index contributed by atoms with van der Waals surface area (Å²) in [6, 6.07) is 0. The third kappa shape index (κ3) is 38.2. The summed E-state index contributed by atoms with van der Waals surface area (Å²) in [5.74, 6) is 8.90. The molecule has 1 N–H and O–H groups in total. The van der Waals surface area contributed by atoms with Crippen molar-refractivity contribution < 1.29 is 13.4 Å². The molecule has 0 saturated carbocycles. The lowest BCUT2D eigenvalue weighted by Crippen LogP contribution is -1.85. The van der Waals surface area contributed by atoms with Crippen LogP contribution in [0.2, 0.25) is 0 Å². The van der Waals surface area contributed by atoms with Gasteiger partial charge < -0.3 is 13.4 Å². The summed E-state index contributed by atoms with van der Waals surface area (Å²) in [5, 5.41) is 37.9. The number of rotatable bonds is 11. The third-order valence-corrected chi connectivity index (χ3v) is 18.7. The van der Waals surface area contributed by atoms with E-state index in [4.69, 9.17) is 8.83 Å². The van der Waals surface area contributed by atoms with Gasteiger partial charge in [0.05, 0.1) is 50.3 Å². The fraction of sp³-hybridized carbons (Fsp3) is 0.565. The minimum absolute atomic E-state index is 0.339. The highest BCUT2D eigenvalue weighted by Gasteiger charge is 2.08. The number of nitrogens with zero attached hydrogens (tertiary/aromatic N) is 15. The molecule has 0 amide bonds. The van der Waals surface area contributed by atoms with Gasteiger partial charge in [-0.1, -0.05) is 157 Å². The van der Waals surface area contributed by atoms with Crippen LogP contribution in [0.1, 0.15) is 304 Å². The van der Waals surface area contributed by atoms with Crippen molar-refractivity contribution in [1.82, 2.24) is 79.8 Å². The van der Waals surface area contributed by atoms with Crippen LogP contribution < -0.4 is 0 Å². The van der Waals surface area contributed by atoms with Crippen LogP contribution in [0.3, 0.4) is 0 Å². The number of H-pyrrole nitrogens is 1. The van der Waals surface area contributed by atoms with E-state index in [0.29, 0.717) is 82.8 Å². The Morgan fingerprint density at radius 2 is 1.15 bits per heavy atom. The van der Waals surface area contributed by atoms with Crippen molar-refractivity contribution in [3.05, 3.63) is 170 Å². The first kappa shape index (κ1) is 85.6. The van der Waals surface area contributed by atoms with Gasteiger partial charge in [0, 0.05) is 111 Å². The van der Waals surface area contributed by atoms with Gasteiger partial charge in [-0.05, 0) is 85.9 Å². The largest absolute Gasteiger partial charge is 0.428 e. The average Bonchev–Trinajstić information content (AvgIpc) is 4.47. The second-order valence-corrected chi connectivity index (χ2v) is 30.8. The minimum Gasteiger partial charge on any atom is -0.428 e. The molecule has 0 spiro atoms.